The Morgan fingerprint density at radius 2 is 1.95 bits per heavy atom. The quantitative estimate of drug-likeness (QED) is 0.808. The lowest BCUT2D eigenvalue weighted by atomic mass is 10.2. The van der Waals surface area contributed by atoms with Crippen LogP contribution in [0.2, 0.25) is 0 Å². The van der Waals surface area contributed by atoms with E-state index in [1.54, 1.807) is 6.33 Å². The standard InChI is InChI=1S/C16H24N4O/c1-5-9-17-15-13(6-2)16(19-10-18-15)20-12(4)14-8-7-11(3)21-14/h7-8,10,12H,5-6,9H2,1-4H3,(H2,17,18,19,20). The molecule has 0 saturated heterocycles. The fraction of sp³-hybridized carbons (Fsp3) is 0.500. The van der Waals surface area contributed by atoms with Crippen molar-refractivity contribution in [3.63, 3.8) is 0 Å². The first kappa shape index (κ1) is 15.4. The van der Waals surface area contributed by atoms with Gasteiger partial charge in [-0.05, 0) is 38.8 Å². The molecule has 114 valence electrons. The number of nitrogens with one attached hydrogen (secondary N) is 2. The maximum absolute atomic E-state index is 5.66. The zero-order chi connectivity index (χ0) is 15.2. The van der Waals surface area contributed by atoms with Gasteiger partial charge >= 0.3 is 0 Å². The van der Waals surface area contributed by atoms with Gasteiger partial charge in [-0.1, -0.05) is 13.8 Å². The summed E-state index contributed by atoms with van der Waals surface area (Å²) < 4.78 is 5.66. The van der Waals surface area contributed by atoms with E-state index in [9.17, 15) is 0 Å². The Bertz CT molecular complexity index is 579. The summed E-state index contributed by atoms with van der Waals surface area (Å²) in [5.74, 6) is 3.62. The molecule has 0 saturated carbocycles. The van der Waals surface area contributed by atoms with Crippen LogP contribution in [0.5, 0.6) is 0 Å². The van der Waals surface area contributed by atoms with E-state index in [1.807, 2.05) is 19.1 Å². The molecule has 2 rings (SSSR count). The van der Waals surface area contributed by atoms with Crippen LogP contribution in [0.1, 0.15) is 50.3 Å². The predicted octanol–water partition coefficient (Wildman–Crippen LogP) is 3.94. The highest BCUT2D eigenvalue weighted by Gasteiger charge is 2.14. The summed E-state index contributed by atoms with van der Waals surface area (Å²) in [5, 5.41) is 6.78. The van der Waals surface area contributed by atoms with Crippen LogP contribution in [0, 0.1) is 6.92 Å². The van der Waals surface area contributed by atoms with E-state index >= 15 is 0 Å². The number of hydrogen-bond donors (Lipinski definition) is 2. The number of furan rings is 1. The molecule has 0 aliphatic rings. The molecule has 0 bridgehead atoms. The maximum Gasteiger partial charge on any atom is 0.135 e. The topological polar surface area (TPSA) is 63.0 Å². The molecule has 5 nitrogen and oxygen atoms in total. The van der Waals surface area contributed by atoms with Crippen LogP contribution in [0.15, 0.2) is 22.9 Å². The SMILES string of the molecule is CCCNc1ncnc(NC(C)c2ccc(C)o2)c1CC. The number of hydrogen-bond acceptors (Lipinski definition) is 5. The molecule has 2 N–H and O–H groups in total. The van der Waals surface area contributed by atoms with E-state index in [4.69, 9.17) is 4.42 Å². The van der Waals surface area contributed by atoms with Crippen LogP contribution in [0.3, 0.4) is 0 Å². The van der Waals surface area contributed by atoms with E-state index in [0.717, 1.165) is 48.1 Å². The zero-order valence-corrected chi connectivity index (χ0v) is 13.2. The maximum atomic E-state index is 5.66. The lowest BCUT2D eigenvalue weighted by Crippen LogP contribution is -2.12. The van der Waals surface area contributed by atoms with Crippen LogP contribution in [0.4, 0.5) is 11.6 Å². The summed E-state index contributed by atoms with van der Waals surface area (Å²) in [7, 11) is 0. The molecule has 2 heterocycles. The average molecular weight is 288 g/mol. The Morgan fingerprint density at radius 3 is 2.57 bits per heavy atom. The Kier molecular flexibility index (Phi) is 5.20. The summed E-state index contributed by atoms with van der Waals surface area (Å²) in [6.07, 6.45) is 3.54. The van der Waals surface area contributed by atoms with Crippen LogP contribution >= 0.6 is 0 Å². The molecule has 2 aromatic rings. The normalized spacial score (nSPS) is 12.2. The van der Waals surface area contributed by atoms with E-state index in [1.165, 1.54) is 0 Å². The minimum Gasteiger partial charge on any atom is -0.464 e. The minimum atomic E-state index is 0.0675. The van der Waals surface area contributed by atoms with Crippen LogP contribution in [-0.2, 0) is 6.42 Å². The second-order valence-electron chi connectivity index (χ2n) is 5.14. The highest BCUT2D eigenvalue weighted by molar-refractivity contribution is 5.57. The van der Waals surface area contributed by atoms with E-state index in [2.05, 4.69) is 41.4 Å². The van der Waals surface area contributed by atoms with Gasteiger partial charge in [-0.3, -0.25) is 0 Å². The van der Waals surface area contributed by atoms with Gasteiger partial charge in [0, 0.05) is 12.1 Å². The minimum absolute atomic E-state index is 0.0675. The Labute approximate surface area is 126 Å². The molecule has 2 aromatic heterocycles. The summed E-state index contributed by atoms with van der Waals surface area (Å²) in [6.45, 7) is 9.18. The fourth-order valence-electron chi connectivity index (χ4n) is 2.23. The van der Waals surface area contributed by atoms with E-state index < -0.39 is 0 Å². The van der Waals surface area contributed by atoms with E-state index in [-0.39, 0.29) is 6.04 Å². The first-order valence-electron chi connectivity index (χ1n) is 7.56. The lowest BCUT2D eigenvalue weighted by Gasteiger charge is -2.17. The second-order valence-corrected chi connectivity index (χ2v) is 5.14. The van der Waals surface area contributed by atoms with Crippen molar-refractivity contribution < 1.29 is 4.42 Å². The number of nitrogens with zero attached hydrogens (tertiary/aromatic N) is 2. The van der Waals surface area contributed by atoms with Crippen molar-refractivity contribution in [2.24, 2.45) is 0 Å². The Morgan fingerprint density at radius 1 is 1.19 bits per heavy atom. The van der Waals surface area contributed by atoms with Gasteiger partial charge in [0.1, 0.15) is 29.5 Å². The van der Waals surface area contributed by atoms with Gasteiger partial charge in [-0.15, -0.1) is 0 Å². The number of anilines is 2. The lowest BCUT2D eigenvalue weighted by molar-refractivity contribution is 0.466. The largest absolute Gasteiger partial charge is 0.464 e. The first-order valence-corrected chi connectivity index (χ1v) is 7.56. The molecule has 0 amide bonds. The highest BCUT2D eigenvalue weighted by Crippen LogP contribution is 2.25. The van der Waals surface area contributed by atoms with Crippen LogP contribution in [-0.4, -0.2) is 16.5 Å². The van der Waals surface area contributed by atoms with Crippen molar-refractivity contribution in [1.29, 1.82) is 0 Å². The number of aryl methyl sites for hydroxylation is 1. The third kappa shape index (κ3) is 3.74. The summed E-state index contributed by atoms with van der Waals surface area (Å²) in [5.41, 5.74) is 1.11. The van der Waals surface area contributed by atoms with Crippen molar-refractivity contribution in [2.75, 3.05) is 17.2 Å². The molecule has 0 fully saturated rings. The van der Waals surface area contributed by atoms with Crippen molar-refractivity contribution >= 4 is 11.6 Å². The fourth-order valence-corrected chi connectivity index (χ4v) is 2.23. The zero-order valence-electron chi connectivity index (χ0n) is 13.2. The van der Waals surface area contributed by atoms with Gasteiger partial charge in [-0.25, -0.2) is 9.97 Å². The Hall–Kier alpha value is -2.04. The number of rotatable bonds is 7. The van der Waals surface area contributed by atoms with Crippen molar-refractivity contribution in [2.45, 2.75) is 46.6 Å². The molecule has 1 atom stereocenters. The van der Waals surface area contributed by atoms with Gasteiger partial charge in [0.2, 0.25) is 0 Å². The molecule has 0 aliphatic heterocycles. The molecule has 0 aromatic carbocycles. The smallest absolute Gasteiger partial charge is 0.135 e. The van der Waals surface area contributed by atoms with Crippen molar-refractivity contribution in [1.82, 2.24) is 9.97 Å². The molecule has 0 aliphatic carbocycles. The van der Waals surface area contributed by atoms with Crippen molar-refractivity contribution in [3.05, 3.63) is 35.5 Å². The van der Waals surface area contributed by atoms with Gasteiger partial charge in [-0.2, -0.15) is 0 Å². The molecule has 0 radical (unpaired) electrons. The molecule has 21 heavy (non-hydrogen) atoms. The van der Waals surface area contributed by atoms with E-state index in [0.29, 0.717) is 0 Å². The average Bonchev–Trinajstić information content (AvgIpc) is 2.92. The van der Waals surface area contributed by atoms with Crippen LogP contribution < -0.4 is 10.6 Å². The summed E-state index contributed by atoms with van der Waals surface area (Å²) in [4.78, 5) is 8.73. The van der Waals surface area contributed by atoms with Crippen LogP contribution in [0.25, 0.3) is 0 Å². The third-order valence-electron chi connectivity index (χ3n) is 3.38. The predicted molar refractivity (Wildman–Crippen MR) is 85.7 cm³/mol. The molecule has 1 unspecified atom stereocenters. The molecular formula is C16H24N4O. The van der Waals surface area contributed by atoms with Gasteiger partial charge in [0.05, 0.1) is 6.04 Å². The van der Waals surface area contributed by atoms with Crippen molar-refractivity contribution in [3.8, 4) is 0 Å². The Balaban J connectivity index is 2.18. The highest BCUT2D eigenvalue weighted by atomic mass is 16.3. The molecule has 5 heteroatoms. The monoisotopic (exact) mass is 288 g/mol. The summed E-state index contributed by atoms with van der Waals surface area (Å²) >= 11 is 0. The number of aromatic nitrogens is 2. The van der Waals surface area contributed by atoms with Gasteiger partial charge in [0.15, 0.2) is 0 Å². The molecule has 0 spiro atoms. The van der Waals surface area contributed by atoms with Gasteiger partial charge < -0.3 is 15.1 Å². The first-order chi connectivity index (χ1) is 10.2. The summed E-state index contributed by atoms with van der Waals surface area (Å²) in [6, 6.07) is 4.04. The van der Waals surface area contributed by atoms with Gasteiger partial charge in [0.25, 0.3) is 0 Å². The third-order valence-corrected chi connectivity index (χ3v) is 3.38. The second kappa shape index (κ2) is 7.11. The molecular weight excluding hydrogens is 264 g/mol.